The average Bonchev–Trinajstić information content (AvgIpc) is 2.80. The maximum atomic E-state index is 13.1. The Morgan fingerprint density at radius 1 is 1.00 bits per heavy atom. The molecular formula is C23H24N4O2. The Bertz CT molecular complexity index is 968. The molecule has 148 valence electrons. The average molecular weight is 388 g/mol. The van der Waals surface area contributed by atoms with Gasteiger partial charge in [0.15, 0.2) is 5.82 Å². The highest BCUT2D eigenvalue weighted by Gasteiger charge is 2.21. The molecule has 4 rings (SSSR count). The van der Waals surface area contributed by atoms with Gasteiger partial charge in [-0.05, 0) is 49.2 Å². The molecule has 0 radical (unpaired) electrons. The van der Waals surface area contributed by atoms with Crippen molar-refractivity contribution in [1.82, 2.24) is 20.3 Å². The van der Waals surface area contributed by atoms with E-state index in [0.29, 0.717) is 17.1 Å². The van der Waals surface area contributed by atoms with Crippen molar-refractivity contribution in [3.8, 4) is 28.4 Å². The molecule has 0 saturated heterocycles. The standard InChI is InChI=1S/C23H24N4O2/c1-29-19-9-7-16(8-10-19)21-20(23(28)26-18-5-3-2-4-6-18)15-25-22(27-21)17-11-13-24-14-12-17/h7-15,18H,2-6H2,1H3,(H,26,28). The van der Waals surface area contributed by atoms with Gasteiger partial charge >= 0.3 is 0 Å². The summed E-state index contributed by atoms with van der Waals surface area (Å²) in [5.41, 5.74) is 2.80. The molecule has 6 nitrogen and oxygen atoms in total. The van der Waals surface area contributed by atoms with Crippen LogP contribution in [0.3, 0.4) is 0 Å². The molecule has 0 unspecified atom stereocenters. The summed E-state index contributed by atoms with van der Waals surface area (Å²) < 4.78 is 5.26. The molecule has 0 bridgehead atoms. The monoisotopic (exact) mass is 388 g/mol. The van der Waals surface area contributed by atoms with E-state index < -0.39 is 0 Å². The molecule has 2 aromatic heterocycles. The van der Waals surface area contributed by atoms with Crippen molar-refractivity contribution >= 4 is 5.91 Å². The van der Waals surface area contributed by atoms with Gasteiger partial charge in [0, 0.05) is 35.8 Å². The molecule has 0 spiro atoms. The summed E-state index contributed by atoms with van der Waals surface area (Å²) in [4.78, 5) is 26.3. The van der Waals surface area contributed by atoms with E-state index in [2.05, 4.69) is 15.3 Å². The number of methoxy groups -OCH3 is 1. The number of hydrogen-bond donors (Lipinski definition) is 1. The third-order valence-corrected chi connectivity index (χ3v) is 5.28. The highest BCUT2D eigenvalue weighted by Crippen LogP contribution is 2.27. The number of amides is 1. The normalized spacial score (nSPS) is 14.4. The van der Waals surface area contributed by atoms with Gasteiger partial charge in [0.25, 0.3) is 5.91 Å². The van der Waals surface area contributed by atoms with E-state index in [-0.39, 0.29) is 11.9 Å². The molecule has 6 heteroatoms. The van der Waals surface area contributed by atoms with Crippen LogP contribution in [0, 0.1) is 0 Å². The van der Waals surface area contributed by atoms with Gasteiger partial charge in [0.05, 0.1) is 18.4 Å². The lowest BCUT2D eigenvalue weighted by Gasteiger charge is -2.23. The molecule has 1 N–H and O–H groups in total. The number of nitrogens with one attached hydrogen (secondary N) is 1. The van der Waals surface area contributed by atoms with Gasteiger partial charge in [0.2, 0.25) is 0 Å². The van der Waals surface area contributed by atoms with E-state index in [0.717, 1.165) is 42.6 Å². The van der Waals surface area contributed by atoms with Crippen molar-refractivity contribution < 1.29 is 9.53 Å². The summed E-state index contributed by atoms with van der Waals surface area (Å²) in [5, 5.41) is 3.17. The zero-order valence-corrected chi connectivity index (χ0v) is 16.5. The minimum Gasteiger partial charge on any atom is -0.497 e. The van der Waals surface area contributed by atoms with E-state index in [1.807, 2.05) is 36.4 Å². The lowest BCUT2D eigenvalue weighted by molar-refractivity contribution is 0.0927. The minimum atomic E-state index is -0.121. The molecule has 0 atom stereocenters. The molecule has 29 heavy (non-hydrogen) atoms. The van der Waals surface area contributed by atoms with Crippen LogP contribution in [0.15, 0.2) is 55.0 Å². The van der Waals surface area contributed by atoms with Crippen LogP contribution in [0.2, 0.25) is 0 Å². The van der Waals surface area contributed by atoms with Crippen LogP contribution in [-0.2, 0) is 0 Å². The van der Waals surface area contributed by atoms with Gasteiger partial charge < -0.3 is 10.1 Å². The second-order valence-corrected chi connectivity index (χ2v) is 7.23. The first-order valence-electron chi connectivity index (χ1n) is 9.97. The van der Waals surface area contributed by atoms with Crippen LogP contribution in [0.5, 0.6) is 5.75 Å². The third kappa shape index (κ3) is 4.42. The van der Waals surface area contributed by atoms with Crippen molar-refractivity contribution in [3.05, 3.63) is 60.6 Å². The predicted molar refractivity (Wildman–Crippen MR) is 112 cm³/mol. The first kappa shape index (κ1) is 19.1. The third-order valence-electron chi connectivity index (χ3n) is 5.28. The lowest BCUT2D eigenvalue weighted by Crippen LogP contribution is -2.36. The Kier molecular flexibility index (Phi) is 5.79. The molecule has 2 heterocycles. The molecule has 1 saturated carbocycles. The number of carbonyl (C=O) groups is 1. The number of benzene rings is 1. The van der Waals surface area contributed by atoms with E-state index in [1.54, 1.807) is 25.7 Å². The Morgan fingerprint density at radius 3 is 2.41 bits per heavy atom. The number of nitrogens with zero attached hydrogens (tertiary/aromatic N) is 3. The fraction of sp³-hybridized carbons (Fsp3) is 0.304. The van der Waals surface area contributed by atoms with Gasteiger partial charge in [-0.3, -0.25) is 9.78 Å². The van der Waals surface area contributed by atoms with Gasteiger partial charge in [-0.2, -0.15) is 0 Å². The summed E-state index contributed by atoms with van der Waals surface area (Å²) in [6.45, 7) is 0. The van der Waals surface area contributed by atoms with E-state index in [9.17, 15) is 4.79 Å². The molecule has 1 aliphatic rings. The van der Waals surface area contributed by atoms with E-state index in [4.69, 9.17) is 9.72 Å². The number of aromatic nitrogens is 3. The summed E-state index contributed by atoms with van der Waals surface area (Å²) >= 11 is 0. The van der Waals surface area contributed by atoms with Gasteiger partial charge in [0.1, 0.15) is 5.75 Å². The maximum Gasteiger partial charge on any atom is 0.255 e. The summed E-state index contributed by atoms with van der Waals surface area (Å²) in [7, 11) is 1.63. The highest BCUT2D eigenvalue weighted by molar-refractivity contribution is 6.00. The first-order chi connectivity index (χ1) is 14.2. The smallest absolute Gasteiger partial charge is 0.255 e. The van der Waals surface area contributed by atoms with Crippen LogP contribution < -0.4 is 10.1 Å². The number of rotatable bonds is 5. The summed E-state index contributed by atoms with van der Waals surface area (Å²) in [6, 6.07) is 11.5. The molecule has 1 amide bonds. The zero-order valence-electron chi connectivity index (χ0n) is 16.5. The fourth-order valence-corrected chi connectivity index (χ4v) is 3.67. The SMILES string of the molecule is COc1ccc(-c2nc(-c3ccncc3)ncc2C(=O)NC2CCCCC2)cc1. The van der Waals surface area contributed by atoms with Gasteiger partial charge in [-0.15, -0.1) is 0 Å². The Labute approximate surface area is 170 Å². The van der Waals surface area contributed by atoms with Crippen molar-refractivity contribution in [2.75, 3.05) is 7.11 Å². The van der Waals surface area contributed by atoms with E-state index in [1.165, 1.54) is 6.42 Å². The number of pyridine rings is 1. The van der Waals surface area contributed by atoms with Crippen LogP contribution in [0.4, 0.5) is 0 Å². The molecule has 1 fully saturated rings. The largest absolute Gasteiger partial charge is 0.497 e. The topological polar surface area (TPSA) is 77.0 Å². The second-order valence-electron chi connectivity index (χ2n) is 7.23. The summed E-state index contributed by atoms with van der Waals surface area (Å²) in [5.74, 6) is 1.20. The Hall–Kier alpha value is -3.28. The molecule has 0 aliphatic heterocycles. The van der Waals surface area contributed by atoms with Crippen molar-refractivity contribution in [3.63, 3.8) is 0 Å². The number of hydrogen-bond acceptors (Lipinski definition) is 5. The fourth-order valence-electron chi connectivity index (χ4n) is 3.67. The summed E-state index contributed by atoms with van der Waals surface area (Å²) in [6.07, 6.45) is 10.7. The second kappa shape index (κ2) is 8.82. The van der Waals surface area contributed by atoms with Gasteiger partial charge in [-0.25, -0.2) is 9.97 Å². The highest BCUT2D eigenvalue weighted by atomic mass is 16.5. The number of carbonyl (C=O) groups excluding carboxylic acids is 1. The van der Waals surface area contributed by atoms with Crippen LogP contribution >= 0.6 is 0 Å². The lowest BCUT2D eigenvalue weighted by atomic mass is 9.95. The first-order valence-corrected chi connectivity index (χ1v) is 9.97. The van der Waals surface area contributed by atoms with Crippen LogP contribution in [0.1, 0.15) is 42.5 Å². The molecule has 1 aromatic carbocycles. The predicted octanol–water partition coefficient (Wildman–Crippen LogP) is 4.28. The quantitative estimate of drug-likeness (QED) is 0.706. The number of ether oxygens (including phenoxy) is 1. The van der Waals surface area contributed by atoms with Crippen molar-refractivity contribution in [2.24, 2.45) is 0 Å². The molecule has 3 aromatic rings. The molecular weight excluding hydrogens is 364 g/mol. The Morgan fingerprint density at radius 2 is 1.72 bits per heavy atom. The van der Waals surface area contributed by atoms with Crippen molar-refractivity contribution in [2.45, 2.75) is 38.1 Å². The minimum absolute atomic E-state index is 0.121. The van der Waals surface area contributed by atoms with E-state index >= 15 is 0 Å². The van der Waals surface area contributed by atoms with Crippen LogP contribution in [0.25, 0.3) is 22.6 Å². The molecule has 1 aliphatic carbocycles. The maximum absolute atomic E-state index is 13.1. The Balaban J connectivity index is 1.71. The van der Waals surface area contributed by atoms with Crippen molar-refractivity contribution in [1.29, 1.82) is 0 Å². The van der Waals surface area contributed by atoms with Crippen LogP contribution in [-0.4, -0.2) is 34.0 Å². The van der Waals surface area contributed by atoms with Gasteiger partial charge in [-0.1, -0.05) is 19.3 Å². The zero-order chi connectivity index (χ0) is 20.1.